The molecule has 0 amide bonds. The zero-order chi connectivity index (χ0) is 13.0. The Bertz CT molecular complexity index is 434. The molecular formula is C16H19PSi. The van der Waals surface area contributed by atoms with Gasteiger partial charge in [-0.25, -0.2) is 0 Å². The second kappa shape index (κ2) is 5.82. The lowest BCUT2D eigenvalue weighted by molar-refractivity contribution is 1.72. The Morgan fingerprint density at radius 2 is 1.11 bits per heavy atom. The Morgan fingerprint density at radius 3 is 1.44 bits per heavy atom. The minimum atomic E-state index is -1.31. The van der Waals surface area contributed by atoms with Crippen molar-refractivity contribution >= 4 is 26.6 Å². The van der Waals surface area contributed by atoms with Crippen molar-refractivity contribution in [1.29, 1.82) is 0 Å². The van der Waals surface area contributed by atoms with E-state index in [2.05, 4.69) is 86.1 Å². The first-order valence-electron chi connectivity index (χ1n) is 6.24. The molecule has 18 heavy (non-hydrogen) atoms. The zero-order valence-electron chi connectivity index (χ0n) is 11.2. The molecule has 0 aromatic heterocycles. The maximum Gasteiger partial charge on any atom is 0.0580 e. The molecule has 2 aromatic rings. The Labute approximate surface area is 113 Å². The van der Waals surface area contributed by atoms with Gasteiger partial charge in [-0.05, 0) is 18.5 Å². The van der Waals surface area contributed by atoms with Crippen LogP contribution < -0.4 is 10.6 Å². The maximum absolute atomic E-state index is 3.89. The van der Waals surface area contributed by atoms with Gasteiger partial charge < -0.3 is 0 Å². The Hall–Kier alpha value is -0.913. The molecule has 0 unspecified atom stereocenters. The average Bonchev–Trinajstić information content (AvgIpc) is 2.37. The van der Waals surface area contributed by atoms with E-state index in [0.717, 1.165) is 0 Å². The molecule has 0 aliphatic carbocycles. The molecule has 0 aliphatic rings. The summed E-state index contributed by atoms with van der Waals surface area (Å²) in [6.45, 7) is 7.07. The number of hydrogen-bond acceptors (Lipinski definition) is 0. The van der Waals surface area contributed by atoms with Gasteiger partial charge in [0.15, 0.2) is 0 Å². The van der Waals surface area contributed by atoms with Crippen LogP contribution in [0.4, 0.5) is 0 Å². The molecule has 2 radical (unpaired) electrons. The fraction of sp³-hybridized carbons (Fsp3) is 0.188. The summed E-state index contributed by atoms with van der Waals surface area (Å²) in [6, 6.07) is 21.6. The lowest BCUT2D eigenvalue weighted by Gasteiger charge is -2.24. The largest absolute Gasteiger partial charge is 0.0688 e. The van der Waals surface area contributed by atoms with Crippen molar-refractivity contribution < 1.29 is 0 Å². The van der Waals surface area contributed by atoms with Gasteiger partial charge in [-0.1, -0.05) is 80.3 Å². The van der Waals surface area contributed by atoms with E-state index in [0.29, 0.717) is 0 Å². The van der Waals surface area contributed by atoms with Crippen LogP contribution in [0.2, 0.25) is 19.6 Å². The van der Waals surface area contributed by atoms with Crippen LogP contribution in [-0.4, -0.2) is 8.07 Å². The lowest BCUT2D eigenvalue weighted by Crippen LogP contribution is -2.25. The summed E-state index contributed by atoms with van der Waals surface area (Å²) in [5.74, 6) is 3.89. The molecule has 0 bridgehead atoms. The summed E-state index contributed by atoms with van der Waals surface area (Å²) in [7, 11) is -1.73. The molecule has 2 aromatic carbocycles. The Kier molecular flexibility index (Phi) is 4.37. The van der Waals surface area contributed by atoms with E-state index in [9.17, 15) is 0 Å². The second-order valence-corrected chi connectivity index (χ2v) is 12.5. The van der Waals surface area contributed by atoms with Crippen molar-refractivity contribution in [3.05, 3.63) is 66.4 Å². The molecule has 0 saturated heterocycles. The van der Waals surface area contributed by atoms with Crippen molar-refractivity contribution in [3.63, 3.8) is 0 Å². The average molecular weight is 270 g/mol. The normalized spacial score (nSPS) is 11.8. The predicted octanol–water partition coefficient (Wildman–Crippen LogP) is 4.04. The Balaban J connectivity index is 2.36. The SMILES string of the molecule is C[Si](C)(C)[C]P(c1ccccc1)c1ccccc1. The summed E-state index contributed by atoms with van der Waals surface area (Å²) in [6.07, 6.45) is 0. The molecule has 0 aliphatic heterocycles. The first kappa shape index (κ1) is 13.5. The van der Waals surface area contributed by atoms with Crippen LogP contribution in [0.15, 0.2) is 60.7 Å². The molecule has 0 nitrogen and oxygen atoms in total. The quantitative estimate of drug-likeness (QED) is 0.581. The highest BCUT2D eigenvalue weighted by Crippen LogP contribution is 2.40. The molecule has 0 N–H and O–H groups in total. The summed E-state index contributed by atoms with van der Waals surface area (Å²) in [4.78, 5) is 0. The molecule has 2 rings (SSSR count). The van der Waals surface area contributed by atoms with Crippen molar-refractivity contribution in [2.45, 2.75) is 19.6 Å². The van der Waals surface area contributed by atoms with E-state index in [1.807, 2.05) is 0 Å². The summed E-state index contributed by atoms with van der Waals surface area (Å²) < 4.78 is 0. The van der Waals surface area contributed by atoms with Crippen LogP contribution in [0.5, 0.6) is 0 Å². The van der Waals surface area contributed by atoms with E-state index in [-0.39, 0.29) is 0 Å². The standard InChI is InChI=1S/C16H19PSi/c1-18(2,3)14-17(15-10-6-4-7-11-15)16-12-8-5-9-13-16/h4-13H,1-3H3. The monoisotopic (exact) mass is 270 g/mol. The minimum Gasteiger partial charge on any atom is -0.0688 e. The fourth-order valence-corrected chi connectivity index (χ4v) is 6.72. The zero-order valence-corrected chi connectivity index (χ0v) is 13.1. The molecule has 92 valence electrons. The third-order valence-electron chi connectivity index (χ3n) is 2.48. The highest BCUT2D eigenvalue weighted by molar-refractivity contribution is 7.77. The predicted molar refractivity (Wildman–Crippen MR) is 85.7 cm³/mol. The van der Waals surface area contributed by atoms with Crippen LogP contribution in [0, 0.1) is 5.79 Å². The van der Waals surface area contributed by atoms with E-state index in [1.165, 1.54) is 10.6 Å². The third kappa shape index (κ3) is 3.80. The number of benzene rings is 2. The summed E-state index contributed by atoms with van der Waals surface area (Å²) >= 11 is 0. The molecule has 0 fully saturated rings. The third-order valence-corrected chi connectivity index (χ3v) is 7.68. The number of rotatable bonds is 4. The smallest absolute Gasteiger partial charge is 0.0580 e. The summed E-state index contributed by atoms with van der Waals surface area (Å²) in [5.41, 5.74) is 0. The van der Waals surface area contributed by atoms with Crippen molar-refractivity contribution in [2.75, 3.05) is 0 Å². The fourth-order valence-electron chi connectivity index (χ4n) is 1.77. The van der Waals surface area contributed by atoms with Crippen LogP contribution in [-0.2, 0) is 0 Å². The molecular weight excluding hydrogens is 251 g/mol. The van der Waals surface area contributed by atoms with Gasteiger partial charge in [-0.2, -0.15) is 0 Å². The van der Waals surface area contributed by atoms with Crippen molar-refractivity contribution in [2.24, 2.45) is 0 Å². The topological polar surface area (TPSA) is 0 Å². The maximum atomic E-state index is 3.89. The van der Waals surface area contributed by atoms with Gasteiger partial charge >= 0.3 is 0 Å². The Morgan fingerprint density at radius 1 is 0.722 bits per heavy atom. The van der Waals surface area contributed by atoms with Crippen molar-refractivity contribution in [3.8, 4) is 0 Å². The van der Waals surface area contributed by atoms with Gasteiger partial charge in [0.1, 0.15) is 0 Å². The summed E-state index contributed by atoms with van der Waals surface area (Å²) in [5, 5.41) is 2.81. The molecule has 0 heterocycles. The molecule has 0 spiro atoms. The molecule has 0 saturated carbocycles. The van der Waals surface area contributed by atoms with E-state index in [1.54, 1.807) is 0 Å². The van der Waals surface area contributed by atoms with Crippen LogP contribution in [0.25, 0.3) is 0 Å². The van der Waals surface area contributed by atoms with Gasteiger partial charge in [-0.3, -0.25) is 0 Å². The van der Waals surface area contributed by atoms with Crippen LogP contribution in [0.1, 0.15) is 0 Å². The second-order valence-electron chi connectivity index (χ2n) is 5.37. The first-order chi connectivity index (χ1) is 8.56. The van der Waals surface area contributed by atoms with E-state index >= 15 is 0 Å². The van der Waals surface area contributed by atoms with Crippen molar-refractivity contribution in [1.82, 2.24) is 0 Å². The van der Waals surface area contributed by atoms with Crippen LogP contribution in [0.3, 0.4) is 0 Å². The first-order valence-corrected chi connectivity index (χ1v) is 11.1. The molecule has 2 heteroatoms. The highest BCUT2D eigenvalue weighted by Gasteiger charge is 2.23. The number of hydrogen-bond donors (Lipinski definition) is 0. The molecule has 0 atom stereocenters. The van der Waals surface area contributed by atoms with E-state index < -0.39 is 16.0 Å². The van der Waals surface area contributed by atoms with Gasteiger partial charge in [0.25, 0.3) is 0 Å². The highest BCUT2D eigenvalue weighted by atomic mass is 31.1. The van der Waals surface area contributed by atoms with Gasteiger partial charge in [0.2, 0.25) is 0 Å². The van der Waals surface area contributed by atoms with E-state index in [4.69, 9.17) is 0 Å². The van der Waals surface area contributed by atoms with Gasteiger partial charge in [-0.15, -0.1) is 0 Å². The minimum absolute atomic E-state index is 0.427. The lowest BCUT2D eigenvalue weighted by atomic mass is 10.4. The van der Waals surface area contributed by atoms with Crippen LogP contribution >= 0.6 is 7.92 Å². The van der Waals surface area contributed by atoms with Gasteiger partial charge in [0.05, 0.1) is 8.07 Å². The van der Waals surface area contributed by atoms with Gasteiger partial charge in [0, 0.05) is 5.79 Å².